The van der Waals surface area contributed by atoms with Crippen molar-refractivity contribution in [3.63, 3.8) is 0 Å². The molecule has 0 fully saturated rings. The molecule has 0 saturated carbocycles. The Morgan fingerprint density at radius 1 is 1.35 bits per heavy atom. The molecule has 0 unspecified atom stereocenters. The maximum Gasteiger partial charge on any atom is 0.246 e. The smallest absolute Gasteiger partial charge is 0.246 e. The predicted molar refractivity (Wildman–Crippen MR) is 99.5 cm³/mol. The molecule has 0 aliphatic rings. The number of nitrogens with two attached hydrogens (primary N) is 1. The van der Waals surface area contributed by atoms with Crippen LogP contribution in [0.1, 0.15) is 0 Å². The quantitative estimate of drug-likeness (QED) is 0.540. The van der Waals surface area contributed by atoms with Gasteiger partial charge in [-0.1, -0.05) is 18.2 Å². The monoisotopic (exact) mass is 349 g/mol. The van der Waals surface area contributed by atoms with Gasteiger partial charge in [-0.3, -0.25) is 9.79 Å². The van der Waals surface area contributed by atoms with Gasteiger partial charge in [0.15, 0.2) is 0 Å². The van der Waals surface area contributed by atoms with Crippen molar-refractivity contribution >= 4 is 45.7 Å². The summed E-state index contributed by atoms with van der Waals surface area (Å²) in [6.07, 6.45) is 1.07. The SMILES string of the molecule is COc1cc2c(cc1NC(=O)CN=CN=C(N)C#N)oc1ccccc12. The molecule has 26 heavy (non-hydrogen) atoms. The topological polar surface area (TPSA) is 126 Å². The molecule has 0 spiro atoms. The van der Waals surface area contributed by atoms with Crippen LogP contribution < -0.4 is 15.8 Å². The van der Waals surface area contributed by atoms with Crippen LogP contribution in [-0.4, -0.2) is 31.7 Å². The fourth-order valence-corrected chi connectivity index (χ4v) is 2.46. The largest absolute Gasteiger partial charge is 0.495 e. The van der Waals surface area contributed by atoms with Crippen LogP contribution in [0.3, 0.4) is 0 Å². The van der Waals surface area contributed by atoms with Crippen LogP contribution >= 0.6 is 0 Å². The number of hydrogen-bond acceptors (Lipinski definition) is 5. The van der Waals surface area contributed by atoms with Crippen LogP contribution in [0, 0.1) is 11.3 Å². The number of nitrogens with zero attached hydrogens (tertiary/aromatic N) is 3. The van der Waals surface area contributed by atoms with Crippen LogP contribution in [-0.2, 0) is 4.79 Å². The number of anilines is 1. The van der Waals surface area contributed by atoms with Crippen LogP contribution in [0.25, 0.3) is 21.9 Å². The third-order valence-corrected chi connectivity index (χ3v) is 3.60. The number of fused-ring (bicyclic) bond motifs is 3. The van der Waals surface area contributed by atoms with Crippen molar-refractivity contribution in [1.82, 2.24) is 0 Å². The number of aliphatic imine (C=N–C) groups is 2. The van der Waals surface area contributed by atoms with Gasteiger partial charge in [0.1, 0.15) is 35.9 Å². The van der Waals surface area contributed by atoms with Gasteiger partial charge in [0.25, 0.3) is 0 Å². The Morgan fingerprint density at radius 2 is 2.15 bits per heavy atom. The highest BCUT2D eigenvalue weighted by molar-refractivity contribution is 6.08. The van der Waals surface area contributed by atoms with Crippen LogP contribution in [0.4, 0.5) is 5.69 Å². The summed E-state index contributed by atoms with van der Waals surface area (Å²) in [6.45, 7) is -0.177. The highest BCUT2D eigenvalue weighted by atomic mass is 16.5. The number of amides is 1. The molecule has 0 radical (unpaired) electrons. The molecule has 0 bridgehead atoms. The van der Waals surface area contributed by atoms with E-state index in [0.717, 1.165) is 22.7 Å². The van der Waals surface area contributed by atoms with Gasteiger partial charge >= 0.3 is 0 Å². The third-order valence-electron chi connectivity index (χ3n) is 3.60. The molecule has 0 aliphatic carbocycles. The van der Waals surface area contributed by atoms with Gasteiger partial charge in [0.05, 0.1) is 12.8 Å². The number of amidine groups is 1. The van der Waals surface area contributed by atoms with Crippen molar-refractivity contribution in [2.45, 2.75) is 0 Å². The summed E-state index contributed by atoms with van der Waals surface area (Å²) in [5.41, 5.74) is 7.07. The summed E-state index contributed by atoms with van der Waals surface area (Å²) < 4.78 is 11.2. The second-order valence-corrected chi connectivity index (χ2v) is 5.28. The first kappa shape index (κ1) is 17.0. The zero-order valence-corrected chi connectivity index (χ0v) is 13.9. The highest BCUT2D eigenvalue weighted by Gasteiger charge is 2.13. The van der Waals surface area contributed by atoms with E-state index in [1.807, 2.05) is 30.3 Å². The average Bonchev–Trinajstić information content (AvgIpc) is 3.01. The molecule has 1 amide bonds. The number of benzene rings is 2. The Kier molecular flexibility index (Phi) is 4.80. The van der Waals surface area contributed by atoms with Crippen molar-refractivity contribution in [3.05, 3.63) is 36.4 Å². The lowest BCUT2D eigenvalue weighted by molar-refractivity contribution is -0.114. The van der Waals surface area contributed by atoms with Gasteiger partial charge in [-0.2, -0.15) is 5.26 Å². The van der Waals surface area contributed by atoms with Crippen LogP contribution in [0.2, 0.25) is 0 Å². The molecule has 3 rings (SSSR count). The number of hydrogen-bond donors (Lipinski definition) is 2. The molecule has 1 heterocycles. The van der Waals surface area contributed by atoms with Crippen LogP contribution in [0.15, 0.2) is 50.8 Å². The standard InChI is InChI=1S/C18H15N5O3/c1-25-16-6-12-11-4-2-3-5-14(11)26-15(12)7-13(16)23-18(24)9-21-10-22-17(20)8-19/h2-7,10H,9H2,1H3,(H,23,24)(H2,20,21,22). The second-order valence-electron chi connectivity index (χ2n) is 5.28. The number of furan rings is 1. The van der Waals surface area contributed by atoms with Gasteiger partial charge in [0, 0.05) is 16.8 Å². The maximum atomic E-state index is 12.0. The van der Waals surface area contributed by atoms with Gasteiger partial charge in [0.2, 0.25) is 11.7 Å². The predicted octanol–water partition coefficient (Wildman–Crippen LogP) is 2.44. The Balaban J connectivity index is 1.84. The van der Waals surface area contributed by atoms with Gasteiger partial charge < -0.3 is 20.2 Å². The van der Waals surface area contributed by atoms with E-state index in [9.17, 15) is 4.79 Å². The number of carbonyl (C=O) groups is 1. The normalized spacial score (nSPS) is 11.8. The maximum absolute atomic E-state index is 12.0. The van der Waals surface area contributed by atoms with E-state index in [1.165, 1.54) is 7.11 Å². The summed E-state index contributed by atoms with van der Waals surface area (Å²) in [4.78, 5) is 19.4. The van der Waals surface area contributed by atoms with Crippen LogP contribution in [0.5, 0.6) is 5.75 Å². The molecule has 3 N–H and O–H groups in total. The number of nitrogens with one attached hydrogen (secondary N) is 1. The summed E-state index contributed by atoms with van der Waals surface area (Å²) in [5.74, 6) is -0.0972. The molecule has 0 atom stereocenters. The second kappa shape index (κ2) is 7.36. The van der Waals surface area contributed by atoms with Gasteiger partial charge in [-0.25, -0.2) is 4.99 Å². The summed E-state index contributed by atoms with van der Waals surface area (Å²) in [5, 5.41) is 13.0. The molecular formula is C18H15N5O3. The minimum atomic E-state index is -0.374. The Hall–Kier alpha value is -3.86. The Morgan fingerprint density at radius 3 is 2.92 bits per heavy atom. The van der Waals surface area contributed by atoms with Gasteiger partial charge in [-0.15, -0.1) is 0 Å². The lowest BCUT2D eigenvalue weighted by Crippen LogP contribution is -2.15. The summed E-state index contributed by atoms with van der Waals surface area (Å²) in [7, 11) is 1.52. The summed E-state index contributed by atoms with van der Waals surface area (Å²) in [6, 6.07) is 12.8. The van der Waals surface area contributed by atoms with Crippen molar-refractivity contribution in [2.24, 2.45) is 15.7 Å². The lowest BCUT2D eigenvalue weighted by Gasteiger charge is -2.09. The molecule has 2 aromatic carbocycles. The first-order chi connectivity index (χ1) is 12.6. The third kappa shape index (κ3) is 3.47. The number of ether oxygens (including phenoxy) is 1. The molecule has 130 valence electrons. The van der Waals surface area contributed by atoms with Crippen molar-refractivity contribution < 1.29 is 13.9 Å². The van der Waals surface area contributed by atoms with Crippen molar-refractivity contribution in [3.8, 4) is 11.8 Å². The minimum Gasteiger partial charge on any atom is -0.495 e. The number of rotatable bonds is 5. The van der Waals surface area contributed by atoms with E-state index in [-0.39, 0.29) is 18.3 Å². The number of nitriles is 1. The van der Waals surface area contributed by atoms with Crippen molar-refractivity contribution in [1.29, 1.82) is 5.26 Å². The Bertz CT molecular complexity index is 1080. The lowest BCUT2D eigenvalue weighted by atomic mass is 10.1. The van der Waals surface area contributed by atoms with E-state index in [4.69, 9.17) is 20.1 Å². The van der Waals surface area contributed by atoms with E-state index >= 15 is 0 Å². The fourth-order valence-electron chi connectivity index (χ4n) is 2.46. The first-order valence-corrected chi connectivity index (χ1v) is 7.63. The van der Waals surface area contributed by atoms with E-state index in [1.54, 1.807) is 12.1 Å². The molecule has 8 heteroatoms. The van der Waals surface area contributed by atoms with Crippen molar-refractivity contribution in [2.75, 3.05) is 19.0 Å². The zero-order valence-electron chi connectivity index (χ0n) is 13.9. The first-order valence-electron chi connectivity index (χ1n) is 7.63. The number of carbonyl (C=O) groups excluding carboxylic acids is 1. The molecule has 3 aromatic rings. The minimum absolute atomic E-state index is 0.177. The van der Waals surface area contributed by atoms with E-state index < -0.39 is 0 Å². The molecular weight excluding hydrogens is 334 g/mol. The Labute approximate surface area is 148 Å². The number of methoxy groups -OCH3 is 1. The fraction of sp³-hybridized carbons (Fsp3) is 0.111. The summed E-state index contributed by atoms with van der Waals surface area (Å²) >= 11 is 0. The molecule has 8 nitrogen and oxygen atoms in total. The molecule has 0 saturated heterocycles. The van der Waals surface area contributed by atoms with E-state index in [2.05, 4.69) is 15.3 Å². The average molecular weight is 349 g/mol. The van der Waals surface area contributed by atoms with E-state index in [0.29, 0.717) is 17.0 Å². The zero-order chi connectivity index (χ0) is 18.5. The molecule has 1 aromatic heterocycles. The van der Waals surface area contributed by atoms with Gasteiger partial charge in [-0.05, 0) is 12.1 Å². The highest BCUT2D eigenvalue weighted by Crippen LogP contribution is 2.36. The number of para-hydroxylation sites is 1. The molecule has 0 aliphatic heterocycles.